The van der Waals surface area contributed by atoms with Gasteiger partial charge in [-0.25, -0.2) is 0 Å². The molecule has 21 heavy (non-hydrogen) atoms. The van der Waals surface area contributed by atoms with Gasteiger partial charge in [0, 0.05) is 13.2 Å². The van der Waals surface area contributed by atoms with E-state index in [0.29, 0.717) is 6.54 Å². The second-order valence-electron chi connectivity index (χ2n) is 7.17. The first-order valence-electron chi connectivity index (χ1n) is 7.65. The van der Waals surface area contributed by atoms with Crippen molar-refractivity contribution in [1.29, 1.82) is 0 Å². The Labute approximate surface area is 128 Å². The molecule has 0 heterocycles. The van der Waals surface area contributed by atoms with Crippen LogP contribution in [0.4, 0.5) is 0 Å². The Morgan fingerprint density at radius 2 is 1.71 bits per heavy atom. The van der Waals surface area contributed by atoms with Gasteiger partial charge in [-0.3, -0.25) is 4.79 Å². The van der Waals surface area contributed by atoms with Gasteiger partial charge in [-0.05, 0) is 44.6 Å². The normalized spacial score (nSPS) is 12.3. The minimum absolute atomic E-state index is 0.0492. The van der Waals surface area contributed by atoms with E-state index in [0.717, 1.165) is 18.4 Å². The lowest BCUT2D eigenvalue weighted by molar-refractivity contribution is -0.125. The smallest absolute Gasteiger partial charge is 0.230 e. The Balaban J connectivity index is 2.52. The van der Waals surface area contributed by atoms with E-state index < -0.39 is 5.41 Å². The van der Waals surface area contributed by atoms with Crippen molar-refractivity contribution in [3.8, 4) is 0 Å². The van der Waals surface area contributed by atoms with Crippen LogP contribution in [0.5, 0.6) is 0 Å². The molecule has 1 aromatic rings. The van der Waals surface area contributed by atoms with Crippen LogP contribution < -0.4 is 5.32 Å². The Morgan fingerprint density at radius 3 is 2.24 bits per heavy atom. The maximum atomic E-state index is 12.4. The third-order valence-corrected chi connectivity index (χ3v) is 4.08. The molecule has 0 saturated carbocycles. The van der Waals surface area contributed by atoms with Crippen LogP contribution in [0.25, 0.3) is 0 Å². The van der Waals surface area contributed by atoms with Gasteiger partial charge < -0.3 is 10.4 Å². The number of carbonyl (C=O) groups excluding carboxylic acids is 1. The maximum absolute atomic E-state index is 12.4. The lowest BCUT2D eigenvalue weighted by Gasteiger charge is -2.25. The third kappa shape index (κ3) is 5.16. The van der Waals surface area contributed by atoms with Crippen LogP contribution in [-0.4, -0.2) is 24.2 Å². The molecule has 118 valence electrons. The standard InChI is InChI=1S/C18H29NO2/c1-14-7-9-15(10-8-14)18(4,5)16(21)19-12-6-11-17(2,3)13-20/h7-10,20H,6,11-13H2,1-5H3,(H,19,21). The van der Waals surface area contributed by atoms with Gasteiger partial charge in [-0.1, -0.05) is 43.7 Å². The van der Waals surface area contributed by atoms with Gasteiger partial charge in [0.1, 0.15) is 0 Å². The van der Waals surface area contributed by atoms with E-state index >= 15 is 0 Å². The SMILES string of the molecule is Cc1ccc(C(C)(C)C(=O)NCCCC(C)(C)CO)cc1. The molecule has 0 spiro atoms. The average molecular weight is 291 g/mol. The Bertz CT molecular complexity index is 461. The number of hydrogen-bond donors (Lipinski definition) is 2. The molecular formula is C18H29NO2. The second kappa shape index (κ2) is 7.08. The van der Waals surface area contributed by atoms with Crippen LogP contribution in [0.15, 0.2) is 24.3 Å². The molecular weight excluding hydrogens is 262 g/mol. The van der Waals surface area contributed by atoms with E-state index in [9.17, 15) is 9.90 Å². The topological polar surface area (TPSA) is 49.3 Å². The van der Waals surface area contributed by atoms with Crippen molar-refractivity contribution < 1.29 is 9.90 Å². The van der Waals surface area contributed by atoms with Crippen LogP contribution in [0.1, 0.15) is 51.7 Å². The van der Waals surface area contributed by atoms with E-state index in [4.69, 9.17) is 0 Å². The molecule has 0 aliphatic rings. The van der Waals surface area contributed by atoms with Gasteiger partial charge in [0.05, 0.1) is 5.41 Å². The van der Waals surface area contributed by atoms with Crippen LogP contribution in [-0.2, 0) is 10.2 Å². The first kappa shape index (κ1) is 17.7. The number of benzene rings is 1. The fourth-order valence-electron chi connectivity index (χ4n) is 2.17. The molecule has 0 radical (unpaired) electrons. The molecule has 2 N–H and O–H groups in total. The molecule has 3 heteroatoms. The first-order chi connectivity index (χ1) is 9.69. The van der Waals surface area contributed by atoms with Crippen LogP contribution >= 0.6 is 0 Å². The van der Waals surface area contributed by atoms with E-state index in [1.807, 2.05) is 58.9 Å². The van der Waals surface area contributed by atoms with Crippen molar-refractivity contribution in [2.24, 2.45) is 5.41 Å². The summed E-state index contributed by atoms with van der Waals surface area (Å²) >= 11 is 0. The van der Waals surface area contributed by atoms with Crippen LogP contribution in [0, 0.1) is 12.3 Å². The van der Waals surface area contributed by atoms with Crippen molar-refractivity contribution in [3.05, 3.63) is 35.4 Å². The zero-order chi connectivity index (χ0) is 16.1. The molecule has 0 aromatic heterocycles. The lowest BCUT2D eigenvalue weighted by atomic mass is 9.83. The van der Waals surface area contributed by atoms with E-state index in [-0.39, 0.29) is 17.9 Å². The summed E-state index contributed by atoms with van der Waals surface area (Å²) in [5.41, 5.74) is 1.62. The van der Waals surface area contributed by atoms with Gasteiger partial charge >= 0.3 is 0 Å². The Kier molecular flexibility index (Phi) is 5.97. The molecule has 0 unspecified atom stereocenters. The summed E-state index contributed by atoms with van der Waals surface area (Å²) in [6, 6.07) is 8.11. The predicted octanol–water partition coefficient (Wildman–Crippen LogP) is 3.19. The van der Waals surface area contributed by atoms with Gasteiger partial charge in [0.2, 0.25) is 5.91 Å². The van der Waals surface area contributed by atoms with Crippen molar-refractivity contribution >= 4 is 5.91 Å². The van der Waals surface area contributed by atoms with Crippen LogP contribution in [0.3, 0.4) is 0 Å². The molecule has 0 aliphatic carbocycles. The number of hydrogen-bond acceptors (Lipinski definition) is 2. The van der Waals surface area contributed by atoms with Gasteiger partial charge in [0.15, 0.2) is 0 Å². The highest BCUT2D eigenvalue weighted by Gasteiger charge is 2.29. The maximum Gasteiger partial charge on any atom is 0.230 e. The zero-order valence-corrected chi connectivity index (χ0v) is 14.0. The number of carbonyl (C=O) groups is 1. The summed E-state index contributed by atoms with van der Waals surface area (Å²) in [5.74, 6) is 0.0492. The highest BCUT2D eigenvalue weighted by atomic mass is 16.3. The lowest BCUT2D eigenvalue weighted by Crippen LogP contribution is -2.40. The largest absolute Gasteiger partial charge is 0.396 e. The molecule has 1 amide bonds. The summed E-state index contributed by atoms with van der Waals surface area (Å²) < 4.78 is 0. The highest BCUT2D eigenvalue weighted by molar-refractivity contribution is 5.87. The summed E-state index contributed by atoms with van der Waals surface area (Å²) in [6.07, 6.45) is 1.78. The van der Waals surface area contributed by atoms with Crippen molar-refractivity contribution in [1.82, 2.24) is 5.32 Å². The summed E-state index contributed by atoms with van der Waals surface area (Å²) in [7, 11) is 0. The molecule has 0 aliphatic heterocycles. The Morgan fingerprint density at radius 1 is 1.14 bits per heavy atom. The van der Waals surface area contributed by atoms with E-state index in [1.165, 1.54) is 5.56 Å². The third-order valence-electron chi connectivity index (χ3n) is 4.08. The molecule has 0 fully saturated rings. The number of aryl methyl sites for hydroxylation is 1. The molecule has 3 nitrogen and oxygen atoms in total. The van der Waals surface area contributed by atoms with Gasteiger partial charge in [-0.2, -0.15) is 0 Å². The number of aliphatic hydroxyl groups is 1. The number of aliphatic hydroxyl groups excluding tert-OH is 1. The summed E-state index contributed by atoms with van der Waals surface area (Å²) in [6.45, 7) is 10.8. The zero-order valence-electron chi connectivity index (χ0n) is 14.0. The Hall–Kier alpha value is -1.35. The number of amides is 1. The van der Waals surface area contributed by atoms with E-state index in [1.54, 1.807) is 0 Å². The van der Waals surface area contributed by atoms with Crippen molar-refractivity contribution in [2.45, 2.75) is 52.9 Å². The fraction of sp³-hybridized carbons (Fsp3) is 0.611. The molecule has 1 rings (SSSR count). The minimum atomic E-state index is -0.528. The fourth-order valence-corrected chi connectivity index (χ4v) is 2.17. The first-order valence-corrected chi connectivity index (χ1v) is 7.65. The summed E-state index contributed by atoms with van der Waals surface area (Å²) in [4.78, 5) is 12.4. The summed E-state index contributed by atoms with van der Waals surface area (Å²) in [5, 5.41) is 12.2. The average Bonchev–Trinajstić information content (AvgIpc) is 2.43. The number of rotatable bonds is 7. The van der Waals surface area contributed by atoms with Gasteiger partial charge in [-0.15, -0.1) is 0 Å². The highest BCUT2D eigenvalue weighted by Crippen LogP contribution is 2.24. The van der Waals surface area contributed by atoms with Crippen LogP contribution in [0.2, 0.25) is 0 Å². The van der Waals surface area contributed by atoms with Gasteiger partial charge in [0.25, 0.3) is 0 Å². The molecule has 0 atom stereocenters. The minimum Gasteiger partial charge on any atom is -0.396 e. The second-order valence-corrected chi connectivity index (χ2v) is 7.17. The molecule has 1 aromatic carbocycles. The predicted molar refractivity (Wildman–Crippen MR) is 87.3 cm³/mol. The van der Waals surface area contributed by atoms with Crippen molar-refractivity contribution in [2.75, 3.05) is 13.2 Å². The van der Waals surface area contributed by atoms with E-state index in [2.05, 4.69) is 5.32 Å². The quantitative estimate of drug-likeness (QED) is 0.758. The van der Waals surface area contributed by atoms with Crippen molar-refractivity contribution in [3.63, 3.8) is 0 Å². The number of nitrogens with one attached hydrogen (secondary N) is 1. The molecule has 0 bridgehead atoms. The monoisotopic (exact) mass is 291 g/mol. The molecule has 0 saturated heterocycles.